The SMILES string of the molecule is C1=C(NC2CCCCC2)SCS1.c1ncncn1. The molecule has 1 saturated carbocycles. The summed E-state index contributed by atoms with van der Waals surface area (Å²) >= 11 is 3.86. The second-order valence-corrected chi connectivity index (χ2v) is 6.42. The fourth-order valence-electron chi connectivity index (χ4n) is 1.97. The van der Waals surface area contributed by atoms with Gasteiger partial charge in [0.1, 0.15) is 19.0 Å². The molecule has 0 spiro atoms. The van der Waals surface area contributed by atoms with Crippen molar-refractivity contribution in [3.8, 4) is 0 Å². The minimum atomic E-state index is 0.774. The van der Waals surface area contributed by atoms with Crippen molar-refractivity contribution in [3.63, 3.8) is 0 Å². The second-order valence-electron chi connectivity index (χ2n) is 4.18. The highest BCUT2D eigenvalue weighted by atomic mass is 32.2. The van der Waals surface area contributed by atoms with Crippen molar-refractivity contribution in [2.75, 3.05) is 5.08 Å². The van der Waals surface area contributed by atoms with E-state index < -0.39 is 0 Å². The molecule has 1 fully saturated rings. The van der Waals surface area contributed by atoms with E-state index in [2.05, 4.69) is 25.7 Å². The van der Waals surface area contributed by atoms with Crippen molar-refractivity contribution >= 4 is 23.5 Å². The molecule has 0 bridgehead atoms. The van der Waals surface area contributed by atoms with Crippen LogP contribution in [0.15, 0.2) is 29.4 Å². The minimum Gasteiger partial charge on any atom is -0.377 e. The van der Waals surface area contributed by atoms with E-state index in [1.54, 1.807) is 0 Å². The summed E-state index contributed by atoms with van der Waals surface area (Å²) < 4.78 is 0. The monoisotopic (exact) mass is 282 g/mol. The Morgan fingerprint density at radius 1 is 1.00 bits per heavy atom. The Labute approximate surface area is 116 Å². The number of nitrogens with zero attached hydrogens (tertiary/aromatic N) is 3. The van der Waals surface area contributed by atoms with E-state index in [1.807, 2.05) is 23.5 Å². The summed E-state index contributed by atoms with van der Waals surface area (Å²) in [6, 6.07) is 0.774. The van der Waals surface area contributed by atoms with E-state index in [9.17, 15) is 0 Å². The molecule has 2 heterocycles. The van der Waals surface area contributed by atoms with Gasteiger partial charge >= 0.3 is 0 Å². The van der Waals surface area contributed by atoms with Crippen LogP contribution in [0.25, 0.3) is 0 Å². The molecule has 18 heavy (non-hydrogen) atoms. The van der Waals surface area contributed by atoms with E-state index >= 15 is 0 Å². The maximum Gasteiger partial charge on any atom is 0.119 e. The van der Waals surface area contributed by atoms with Crippen molar-refractivity contribution in [1.82, 2.24) is 20.3 Å². The zero-order valence-electron chi connectivity index (χ0n) is 10.3. The largest absolute Gasteiger partial charge is 0.377 e. The van der Waals surface area contributed by atoms with Crippen molar-refractivity contribution in [3.05, 3.63) is 29.4 Å². The molecule has 0 radical (unpaired) electrons. The topological polar surface area (TPSA) is 50.7 Å². The molecule has 1 aliphatic heterocycles. The number of rotatable bonds is 2. The highest BCUT2D eigenvalue weighted by molar-refractivity contribution is 8.21. The summed E-state index contributed by atoms with van der Waals surface area (Å²) in [7, 11) is 0. The maximum absolute atomic E-state index is 3.62. The van der Waals surface area contributed by atoms with Crippen molar-refractivity contribution in [1.29, 1.82) is 0 Å². The third kappa shape index (κ3) is 5.27. The van der Waals surface area contributed by atoms with Crippen LogP contribution in [0.1, 0.15) is 32.1 Å². The molecule has 98 valence electrons. The predicted octanol–water partition coefficient (Wildman–Crippen LogP) is 3.02. The highest BCUT2D eigenvalue weighted by Gasteiger charge is 2.15. The van der Waals surface area contributed by atoms with Crippen LogP contribution in [0.5, 0.6) is 0 Å². The molecule has 1 N–H and O–H groups in total. The summed E-state index contributed by atoms with van der Waals surface area (Å²) in [4.78, 5) is 10.7. The zero-order valence-corrected chi connectivity index (χ0v) is 11.9. The molecule has 0 aromatic carbocycles. The van der Waals surface area contributed by atoms with E-state index in [0.717, 1.165) is 6.04 Å². The molecule has 3 rings (SSSR count). The first-order valence-corrected chi connectivity index (χ1v) is 8.24. The molecule has 1 aromatic rings. The lowest BCUT2D eigenvalue weighted by Crippen LogP contribution is -2.28. The van der Waals surface area contributed by atoms with Gasteiger partial charge < -0.3 is 5.32 Å². The van der Waals surface area contributed by atoms with Gasteiger partial charge in [-0.25, -0.2) is 15.0 Å². The van der Waals surface area contributed by atoms with E-state index in [0.29, 0.717) is 0 Å². The molecule has 4 nitrogen and oxygen atoms in total. The van der Waals surface area contributed by atoms with Gasteiger partial charge in [0.2, 0.25) is 0 Å². The van der Waals surface area contributed by atoms with Gasteiger partial charge in [-0.2, -0.15) is 0 Å². The van der Waals surface area contributed by atoms with Gasteiger partial charge in [-0.05, 0) is 12.8 Å². The first-order valence-electron chi connectivity index (χ1n) is 6.21. The lowest BCUT2D eigenvalue weighted by Gasteiger charge is -2.23. The number of nitrogens with one attached hydrogen (secondary N) is 1. The molecular formula is C12H18N4S2. The molecule has 0 unspecified atom stereocenters. The van der Waals surface area contributed by atoms with Gasteiger partial charge in [0.15, 0.2) is 0 Å². The van der Waals surface area contributed by atoms with Crippen LogP contribution >= 0.6 is 23.5 Å². The zero-order chi connectivity index (χ0) is 12.5. The first-order chi connectivity index (χ1) is 8.95. The highest BCUT2D eigenvalue weighted by Crippen LogP contribution is 2.31. The molecule has 2 aliphatic rings. The van der Waals surface area contributed by atoms with Crippen LogP contribution in [0.4, 0.5) is 0 Å². The van der Waals surface area contributed by atoms with Gasteiger partial charge in [0.05, 0.1) is 5.03 Å². The Bertz CT molecular complexity index is 326. The van der Waals surface area contributed by atoms with Crippen LogP contribution in [0.2, 0.25) is 0 Å². The normalized spacial score (nSPS) is 19.7. The summed E-state index contributed by atoms with van der Waals surface area (Å²) in [6.45, 7) is 0. The summed E-state index contributed by atoms with van der Waals surface area (Å²) in [5.74, 6) is 0. The average molecular weight is 282 g/mol. The van der Waals surface area contributed by atoms with E-state index in [4.69, 9.17) is 0 Å². The van der Waals surface area contributed by atoms with Crippen LogP contribution in [0, 0.1) is 0 Å². The molecular weight excluding hydrogens is 264 g/mol. The molecule has 1 aromatic heterocycles. The van der Waals surface area contributed by atoms with Crippen LogP contribution in [-0.4, -0.2) is 26.1 Å². The van der Waals surface area contributed by atoms with Crippen molar-refractivity contribution < 1.29 is 0 Å². The van der Waals surface area contributed by atoms with Gasteiger partial charge in [-0.15, -0.1) is 11.8 Å². The Kier molecular flexibility index (Phi) is 6.36. The molecule has 0 amide bonds. The lowest BCUT2D eigenvalue weighted by atomic mass is 9.96. The van der Waals surface area contributed by atoms with E-state index in [1.165, 1.54) is 61.2 Å². The Balaban J connectivity index is 0.000000169. The van der Waals surface area contributed by atoms with Crippen molar-refractivity contribution in [2.24, 2.45) is 0 Å². The first kappa shape index (κ1) is 13.7. The predicted molar refractivity (Wildman–Crippen MR) is 78.0 cm³/mol. The van der Waals surface area contributed by atoms with Gasteiger partial charge in [0, 0.05) is 16.5 Å². The van der Waals surface area contributed by atoms with Gasteiger partial charge in [-0.3, -0.25) is 0 Å². The van der Waals surface area contributed by atoms with Crippen LogP contribution in [0.3, 0.4) is 0 Å². The Morgan fingerprint density at radius 3 is 2.17 bits per heavy atom. The third-order valence-electron chi connectivity index (χ3n) is 2.82. The van der Waals surface area contributed by atoms with E-state index in [-0.39, 0.29) is 0 Å². The van der Waals surface area contributed by atoms with Gasteiger partial charge in [-0.1, -0.05) is 31.0 Å². The second kappa shape index (κ2) is 8.37. The molecule has 6 heteroatoms. The number of hydrogen-bond donors (Lipinski definition) is 1. The standard InChI is InChI=1S/C9H15NS2.C3H3N3/c1-2-4-8(5-3-1)10-9-6-11-7-12-9;1-4-2-6-3-5-1/h6,8,10H,1-5,7H2;1-3H. The van der Waals surface area contributed by atoms with Crippen molar-refractivity contribution in [2.45, 2.75) is 38.1 Å². The summed E-state index contributed by atoms with van der Waals surface area (Å²) in [5.41, 5.74) is 0. The average Bonchev–Trinajstić information content (AvgIpc) is 2.96. The smallest absolute Gasteiger partial charge is 0.119 e. The Hall–Kier alpha value is -0.750. The number of hydrogen-bond acceptors (Lipinski definition) is 6. The molecule has 0 atom stereocenters. The fraction of sp³-hybridized carbons (Fsp3) is 0.583. The molecule has 0 saturated heterocycles. The fourth-order valence-corrected chi connectivity index (χ4v) is 3.97. The van der Waals surface area contributed by atoms with Crippen LogP contribution in [-0.2, 0) is 0 Å². The van der Waals surface area contributed by atoms with Gasteiger partial charge in [0.25, 0.3) is 0 Å². The number of thioether (sulfide) groups is 2. The maximum atomic E-state index is 3.62. The minimum absolute atomic E-state index is 0.774. The Morgan fingerprint density at radius 2 is 1.67 bits per heavy atom. The van der Waals surface area contributed by atoms with Crippen LogP contribution < -0.4 is 5.32 Å². The third-order valence-corrected chi connectivity index (χ3v) is 4.94. The summed E-state index contributed by atoms with van der Waals surface area (Å²) in [6.07, 6.45) is 11.3. The summed E-state index contributed by atoms with van der Waals surface area (Å²) in [5, 5.41) is 8.50. The molecule has 1 aliphatic carbocycles. The lowest BCUT2D eigenvalue weighted by molar-refractivity contribution is 0.402. The quantitative estimate of drug-likeness (QED) is 0.900. The number of aromatic nitrogens is 3.